The lowest BCUT2D eigenvalue weighted by molar-refractivity contribution is 0.438. The number of piperidine rings is 1. The Labute approximate surface area is 170 Å². The number of aryl methyl sites for hydroxylation is 1. The summed E-state index contributed by atoms with van der Waals surface area (Å²) in [6.45, 7) is 13.2. The van der Waals surface area contributed by atoms with E-state index in [-0.39, 0.29) is 0 Å². The zero-order chi connectivity index (χ0) is 19.9. The number of anilines is 4. The molecule has 1 aliphatic heterocycles. The highest BCUT2D eigenvalue weighted by Gasteiger charge is 2.16. The van der Waals surface area contributed by atoms with Gasteiger partial charge in [-0.05, 0) is 62.8 Å². The van der Waals surface area contributed by atoms with Gasteiger partial charge < -0.3 is 15.1 Å². The Kier molecular flexibility index (Phi) is 7.12. The number of nitrogens with zero attached hydrogens (tertiary/aromatic N) is 4. The molecular formula is C23H35N5. The van der Waals surface area contributed by atoms with E-state index in [0.29, 0.717) is 5.95 Å². The van der Waals surface area contributed by atoms with Crippen molar-refractivity contribution in [2.24, 2.45) is 5.92 Å². The van der Waals surface area contributed by atoms with Crippen LogP contribution in [0.2, 0.25) is 0 Å². The predicted molar refractivity (Wildman–Crippen MR) is 120 cm³/mol. The second-order valence-corrected chi connectivity index (χ2v) is 8.02. The second kappa shape index (κ2) is 9.76. The minimum Gasteiger partial charge on any atom is -0.372 e. The zero-order valence-corrected chi connectivity index (χ0v) is 17.9. The lowest BCUT2D eigenvalue weighted by atomic mass is 9.99. The number of benzene rings is 1. The van der Waals surface area contributed by atoms with Crippen LogP contribution in [0.5, 0.6) is 0 Å². The number of rotatable bonds is 8. The Hall–Kier alpha value is -2.30. The third-order valence-corrected chi connectivity index (χ3v) is 5.42. The van der Waals surface area contributed by atoms with Crippen LogP contribution in [-0.4, -0.2) is 36.1 Å². The van der Waals surface area contributed by atoms with Crippen molar-refractivity contribution in [3.05, 3.63) is 36.0 Å². The Morgan fingerprint density at radius 1 is 1.04 bits per heavy atom. The van der Waals surface area contributed by atoms with E-state index >= 15 is 0 Å². The molecule has 28 heavy (non-hydrogen) atoms. The van der Waals surface area contributed by atoms with Gasteiger partial charge >= 0.3 is 0 Å². The molecule has 1 aromatic carbocycles. The van der Waals surface area contributed by atoms with E-state index < -0.39 is 0 Å². The molecule has 0 spiro atoms. The average Bonchev–Trinajstić information content (AvgIpc) is 2.69. The van der Waals surface area contributed by atoms with Gasteiger partial charge in [0.25, 0.3) is 0 Å². The molecular weight excluding hydrogens is 346 g/mol. The van der Waals surface area contributed by atoms with Crippen molar-refractivity contribution in [1.82, 2.24) is 9.97 Å². The summed E-state index contributed by atoms with van der Waals surface area (Å²) in [5, 5.41) is 3.39. The maximum Gasteiger partial charge on any atom is 0.229 e. The summed E-state index contributed by atoms with van der Waals surface area (Å²) < 4.78 is 0. The van der Waals surface area contributed by atoms with Gasteiger partial charge in [-0.1, -0.05) is 20.8 Å². The summed E-state index contributed by atoms with van der Waals surface area (Å²) in [4.78, 5) is 14.2. The van der Waals surface area contributed by atoms with Crippen LogP contribution >= 0.6 is 0 Å². The highest BCUT2D eigenvalue weighted by Crippen LogP contribution is 2.25. The summed E-state index contributed by atoms with van der Waals surface area (Å²) in [5.41, 5.74) is 3.33. The molecule has 0 bridgehead atoms. The van der Waals surface area contributed by atoms with E-state index in [1.54, 1.807) is 0 Å². The summed E-state index contributed by atoms with van der Waals surface area (Å²) in [7, 11) is 0. The van der Waals surface area contributed by atoms with Crippen LogP contribution in [0.3, 0.4) is 0 Å². The molecule has 0 atom stereocenters. The molecule has 1 N–H and O–H groups in total. The smallest absolute Gasteiger partial charge is 0.229 e. The first-order valence-corrected chi connectivity index (χ1v) is 10.8. The topological polar surface area (TPSA) is 44.3 Å². The first-order chi connectivity index (χ1) is 13.6. The Bertz CT molecular complexity index is 729. The van der Waals surface area contributed by atoms with Gasteiger partial charge in [-0.15, -0.1) is 0 Å². The fraction of sp³-hybridized carbons (Fsp3) is 0.565. The molecule has 2 heterocycles. The Balaban J connectivity index is 1.70. The average molecular weight is 382 g/mol. The molecule has 5 nitrogen and oxygen atoms in total. The van der Waals surface area contributed by atoms with Gasteiger partial charge in [0.15, 0.2) is 0 Å². The van der Waals surface area contributed by atoms with E-state index in [2.05, 4.69) is 71.2 Å². The number of hydrogen-bond acceptors (Lipinski definition) is 5. The van der Waals surface area contributed by atoms with Crippen molar-refractivity contribution in [3.63, 3.8) is 0 Å². The molecule has 152 valence electrons. The fourth-order valence-electron chi connectivity index (χ4n) is 3.80. The maximum atomic E-state index is 4.78. The molecule has 0 amide bonds. The summed E-state index contributed by atoms with van der Waals surface area (Å²) in [5.74, 6) is 2.54. The molecule has 1 fully saturated rings. The SMILES string of the molecule is CCCN(CCC)c1cc(C)nc(Nc2ccc(N3CCC(C)CC3)cc2)n1. The van der Waals surface area contributed by atoms with Gasteiger partial charge in [-0.3, -0.25) is 0 Å². The highest BCUT2D eigenvalue weighted by molar-refractivity contribution is 5.60. The number of aromatic nitrogens is 2. The summed E-state index contributed by atoms with van der Waals surface area (Å²) in [6.07, 6.45) is 4.79. The van der Waals surface area contributed by atoms with Crippen LogP contribution in [0, 0.1) is 12.8 Å². The maximum absolute atomic E-state index is 4.78. The lowest BCUT2D eigenvalue weighted by Gasteiger charge is -2.32. The van der Waals surface area contributed by atoms with Crippen molar-refractivity contribution in [1.29, 1.82) is 0 Å². The molecule has 1 aromatic heterocycles. The first-order valence-electron chi connectivity index (χ1n) is 10.8. The van der Waals surface area contributed by atoms with Crippen LogP contribution in [0.15, 0.2) is 30.3 Å². The predicted octanol–water partition coefficient (Wildman–Crippen LogP) is 5.39. The van der Waals surface area contributed by atoms with Gasteiger partial charge in [0, 0.05) is 49.3 Å². The molecule has 1 saturated heterocycles. The van der Waals surface area contributed by atoms with Crippen LogP contribution in [0.1, 0.15) is 52.1 Å². The van der Waals surface area contributed by atoms with Crippen molar-refractivity contribution < 1.29 is 0 Å². The molecule has 0 radical (unpaired) electrons. The van der Waals surface area contributed by atoms with Crippen molar-refractivity contribution in [3.8, 4) is 0 Å². The van der Waals surface area contributed by atoms with Crippen LogP contribution in [0.4, 0.5) is 23.1 Å². The summed E-state index contributed by atoms with van der Waals surface area (Å²) in [6, 6.07) is 10.8. The molecule has 0 saturated carbocycles. The third-order valence-electron chi connectivity index (χ3n) is 5.42. The van der Waals surface area contributed by atoms with Crippen LogP contribution in [0.25, 0.3) is 0 Å². The third kappa shape index (κ3) is 5.37. The van der Waals surface area contributed by atoms with Crippen molar-refractivity contribution in [2.75, 3.05) is 41.3 Å². The number of hydrogen-bond donors (Lipinski definition) is 1. The van der Waals surface area contributed by atoms with Crippen LogP contribution in [-0.2, 0) is 0 Å². The van der Waals surface area contributed by atoms with Gasteiger partial charge in [0.2, 0.25) is 5.95 Å². The van der Waals surface area contributed by atoms with Crippen molar-refractivity contribution >= 4 is 23.1 Å². The normalized spacial score (nSPS) is 14.9. The lowest BCUT2D eigenvalue weighted by Crippen LogP contribution is -2.32. The van der Waals surface area contributed by atoms with Crippen molar-refractivity contribution in [2.45, 2.75) is 53.4 Å². The van der Waals surface area contributed by atoms with E-state index in [9.17, 15) is 0 Å². The second-order valence-electron chi connectivity index (χ2n) is 8.02. The molecule has 0 aliphatic carbocycles. The largest absolute Gasteiger partial charge is 0.372 e. The van der Waals surface area contributed by atoms with Gasteiger partial charge in [-0.2, -0.15) is 4.98 Å². The van der Waals surface area contributed by atoms with Gasteiger partial charge in [-0.25, -0.2) is 4.98 Å². The van der Waals surface area contributed by atoms with Crippen LogP contribution < -0.4 is 15.1 Å². The molecule has 3 rings (SSSR count). The fourth-order valence-corrected chi connectivity index (χ4v) is 3.80. The molecule has 0 unspecified atom stereocenters. The van der Waals surface area contributed by atoms with Gasteiger partial charge in [0.05, 0.1) is 0 Å². The monoisotopic (exact) mass is 381 g/mol. The number of nitrogens with one attached hydrogen (secondary N) is 1. The van der Waals surface area contributed by atoms with E-state index in [4.69, 9.17) is 4.98 Å². The van der Waals surface area contributed by atoms with E-state index in [0.717, 1.165) is 62.1 Å². The highest BCUT2D eigenvalue weighted by atomic mass is 15.2. The van der Waals surface area contributed by atoms with E-state index in [1.165, 1.54) is 18.5 Å². The molecule has 1 aliphatic rings. The first kappa shape index (κ1) is 20.4. The minimum absolute atomic E-state index is 0.673. The Morgan fingerprint density at radius 2 is 1.68 bits per heavy atom. The minimum atomic E-state index is 0.673. The van der Waals surface area contributed by atoms with E-state index in [1.807, 2.05) is 6.92 Å². The Morgan fingerprint density at radius 3 is 2.29 bits per heavy atom. The molecule has 2 aromatic rings. The zero-order valence-electron chi connectivity index (χ0n) is 17.9. The standard InChI is InChI=1S/C23H35N5/c1-5-13-28(14-6-2)22-17-19(4)24-23(26-22)25-20-7-9-21(10-8-20)27-15-11-18(3)12-16-27/h7-10,17-18H,5-6,11-16H2,1-4H3,(H,24,25,26). The molecule has 5 heteroatoms. The van der Waals surface area contributed by atoms with Gasteiger partial charge in [0.1, 0.15) is 5.82 Å². The summed E-state index contributed by atoms with van der Waals surface area (Å²) >= 11 is 0. The quantitative estimate of drug-likeness (QED) is 0.664.